The largest absolute Gasteiger partial charge is 0.477 e. The SMILES string of the molecule is C#CCOCCOCCOCCOCCC(=O)N(CC(=O)NCCOCCNC(=O)O[C@@H]([C@@H]1OC(C(=O)O)=C[C@H](NC(=N)N)[C@H]1NC(C)=O)[C@H](O)CO)CC(=O)NCCOCCNC(=O)O[C@@H]([C@@H]1OC(C(=O)O)=C[C@H](NC(=N)N)[C@H]1NC(C)=O)[C@H](O)CO. The minimum absolute atomic E-state index is 0.0997. The highest BCUT2D eigenvalue weighted by Gasteiger charge is 2.48. The summed E-state index contributed by atoms with van der Waals surface area (Å²) in [5, 5.41) is 94.9. The van der Waals surface area contributed by atoms with Crippen LogP contribution in [0.15, 0.2) is 23.7 Å². The molecule has 88 heavy (non-hydrogen) atoms. The fourth-order valence-corrected chi connectivity index (χ4v) is 7.93. The van der Waals surface area contributed by atoms with E-state index in [0.717, 1.165) is 30.9 Å². The Morgan fingerprint density at radius 1 is 0.580 bits per heavy atom. The lowest BCUT2D eigenvalue weighted by molar-refractivity contribution is -0.147. The summed E-state index contributed by atoms with van der Waals surface area (Å²) in [4.78, 5) is 114. The Labute approximate surface area is 504 Å². The molecule has 0 unspecified atom stereocenters. The van der Waals surface area contributed by atoms with Gasteiger partial charge in [0.15, 0.2) is 36.3 Å². The molecule has 0 radical (unpaired) electrons. The van der Waals surface area contributed by atoms with Crippen LogP contribution in [0.2, 0.25) is 0 Å². The van der Waals surface area contributed by atoms with Gasteiger partial charge in [-0.2, -0.15) is 0 Å². The van der Waals surface area contributed by atoms with Gasteiger partial charge in [-0.25, -0.2) is 19.2 Å². The lowest BCUT2D eigenvalue weighted by atomic mass is 9.92. The van der Waals surface area contributed by atoms with Crippen molar-refractivity contribution >= 4 is 65.6 Å². The zero-order chi connectivity index (χ0) is 65.6. The second kappa shape index (κ2) is 42.5. The molecule has 0 saturated heterocycles. The number of aliphatic hydroxyl groups excluding tert-OH is 4. The van der Waals surface area contributed by atoms with Crippen LogP contribution in [-0.2, 0) is 80.9 Å². The van der Waals surface area contributed by atoms with E-state index >= 15 is 0 Å². The summed E-state index contributed by atoms with van der Waals surface area (Å²) in [6.07, 6.45) is -6.19. The van der Waals surface area contributed by atoms with Crippen molar-refractivity contribution in [3.05, 3.63) is 23.7 Å². The van der Waals surface area contributed by atoms with E-state index in [1.165, 1.54) is 0 Å². The number of ether oxygens (including phenoxy) is 10. The first-order valence-corrected chi connectivity index (χ1v) is 27.1. The maximum Gasteiger partial charge on any atom is 0.407 e. The number of nitrogens with zero attached hydrogens (tertiary/aromatic N) is 1. The topological polar surface area (TPSA) is 567 Å². The first-order valence-electron chi connectivity index (χ1n) is 27.1. The van der Waals surface area contributed by atoms with E-state index in [9.17, 15) is 73.8 Å². The van der Waals surface area contributed by atoms with Gasteiger partial charge in [-0.15, -0.1) is 6.42 Å². The normalized spacial score (nSPS) is 19.0. The molecular weight excluding hydrogens is 1180 g/mol. The molecule has 20 N–H and O–H groups in total. The fourth-order valence-electron chi connectivity index (χ4n) is 7.93. The van der Waals surface area contributed by atoms with E-state index in [0.29, 0.717) is 13.2 Å². The van der Waals surface area contributed by atoms with Gasteiger partial charge in [-0.3, -0.25) is 34.8 Å². The van der Waals surface area contributed by atoms with Gasteiger partial charge in [0.1, 0.15) is 31.9 Å². The number of aliphatic carboxylic acids is 2. The van der Waals surface area contributed by atoms with Gasteiger partial charge >= 0.3 is 24.1 Å². The molecule has 38 heteroatoms. The third kappa shape index (κ3) is 30.3. The van der Waals surface area contributed by atoms with E-state index in [1.54, 1.807) is 0 Å². The van der Waals surface area contributed by atoms with Crippen LogP contribution in [0, 0.1) is 23.2 Å². The van der Waals surface area contributed by atoms with Crippen LogP contribution >= 0.6 is 0 Å². The van der Waals surface area contributed by atoms with E-state index in [1.807, 2.05) is 0 Å². The second-order valence-corrected chi connectivity index (χ2v) is 18.6. The fraction of sp³-hybridized carbons (Fsp3) is 0.660. The van der Waals surface area contributed by atoms with Crippen molar-refractivity contribution in [2.45, 2.75) is 81.1 Å². The predicted molar refractivity (Wildman–Crippen MR) is 298 cm³/mol. The van der Waals surface area contributed by atoms with E-state index in [4.69, 9.17) is 76.1 Å². The average molecular weight is 1260 g/mol. The first kappa shape index (κ1) is 75.7. The van der Waals surface area contributed by atoms with Gasteiger partial charge in [0.05, 0.1) is 116 Å². The van der Waals surface area contributed by atoms with Gasteiger partial charge in [-0.1, -0.05) is 5.92 Å². The molecule has 0 aromatic heterocycles. The van der Waals surface area contributed by atoms with Crippen LogP contribution in [0.25, 0.3) is 0 Å². The molecule has 2 heterocycles. The number of hydrogen-bond acceptors (Lipinski definition) is 25. The van der Waals surface area contributed by atoms with Crippen molar-refractivity contribution < 1.29 is 121 Å². The summed E-state index contributed by atoms with van der Waals surface area (Å²) in [6, 6.07) is -5.03. The number of nitrogens with two attached hydrogens (primary N) is 2. The Kier molecular flexibility index (Phi) is 36.5. The number of aliphatic hydroxyl groups is 4. The molecule has 7 amide bonds. The summed E-state index contributed by atoms with van der Waals surface area (Å²) in [7, 11) is 0. The number of alkyl carbamates (subject to hydrolysis) is 2. The number of guanidine groups is 2. The number of terminal acetylenes is 1. The van der Waals surface area contributed by atoms with Crippen molar-refractivity contribution in [3.8, 4) is 12.3 Å². The van der Waals surface area contributed by atoms with Gasteiger partial charge in [-0.05, 0) is 12.2 Å². The zero-order valence-corrected chi connectivity index (χ0v) is 48.4. The van der Waals surface area contributed by atoms with Crippen LogP contribution < -0.4 is 54.0 Å². The van der Waals surface area contributed by atoms with Crippen LogP contribution in [-0.4, -0.2) is 294 Å². The minimum atomic E-state index is -1.88. The van der Waals surface area contributed by atoms with Gasteiger partial charge in [0, 0.05) is 40.0 Å². The standard InChI is InChI=1S/C50H81N13O25/c1-4-10-79-16-18-83-20-21-84-19-17-80-11-5-38(72)63(24-36(70)55-6-12-81-14-8-57-49(77)87-41(32(68)26-64)43-39(59-28(2)66)30(61-47(51)52)22-34(85-43)45(73)74)25-37(71)56-7-13-82-15-9-58-50(78)88-42(33(69)27-65)44-40(60-29(3)67)31(62-48(53)54)23-35(86-44)46(75)76/h1,22-23,30-33,39-44,64-65,68-69H,5-21,24-27H2,2-3H3,(H,55,70)(H,56,71)(H,57,77)(H,58,78)(H,59,66)(H,60,67)(H,73,74)(H,75,76)(H4,51,52,61)(H4,53,54,62)/t30-,31-,32+,33+,39+,40+,41+,42+,43+,44+/m0/s1. The van der Waals surface area contributed by atoms with Crippen LogP contribution in [0.1, 0.15) is 20.3 Å². The van der Waals surface area contributed by atoms with Crippen LogP contribution in [0.5, 0.6) is 0 Å². The van der Waals surface area contributed by atoms with Crippen molar-refractivity contribution in [1.82, 2.24) is 47.4 Å². The monoisotopic (exact) mass is 1260 g/mol. The molecule has 38 nitrogen and oxygen atoms in total. The highest BCUT2D eigenvalue weighted by atomic mass is 16.6. The molecule has 0 aromatic carbocycles. The molecule has 0 saturated carbocycles. The van der Waals surface area contributed by atoms with Gasteiger partial charge < -0.3 is 137 Å². The lowest BCUT2D eigenvalue weighted by Gasteiger charge is -2.41. The van der Waals surface area contributed by atoms with Crippen molar-refractivity contribution in [2.75, 3.05) is 132 Å². The molecule has 0 aromatic rings. The smallest absolute Gasteiger partial charge is 0.407 e. The van der Waals surface area contributed by atoms with E-state index in [-0.39, 0.29) is 98.7 Å². The third-order valence-electron chi connectivity index (χ3n) is 11.7. The molecule has 10 atom stereocenters. The molecule has 2 rings (SSSR count). The third-order valence-corrected chi connectivity index (χ3v) is 11.7. The number of nitrogens with one attached hydrogen (secondary N) is 10. The number of carboxylic acid groups (broad SMARTS) is 2. The number of carboxylic acids is 2. The quantitative estimate of drug-likeness (QED) is 0.0117. The Morgan fingerprint density at radius 3 is 1.27 bits per heavy atom. The average Bonchev–Trinajstić information content (AvgIpc) is 1.86. The Hall–Kier alpha value is -8.39. The van der Waals surface area contributed by atoms with Gasteiger partial charge in [0.25, 0.3) is 0 Å². The molecule has 0 aliphatic carbocycles. The Morgan fingerprint density at radius 2 is 0.932 bits per heavy atom. The second-order valence-electron chi connectivity index (χ2n) is 18.6. The summed E-state index contributed by atoms with van der Waals surface area (Å²) in [5.74, 6) is -6.90. The first-order chi connectivity index (χ1) is 41.9. The molecular formula is C50H81N13O25. The van der Waals surface area contributed by atoms with Crippen molar-refractivity contribution in [2.24, 2.45) is 11.5 Å². The molecule has 0 bridgehead atoms. The Bertz CT molecular complexity index is 2270. The maximum absolute atomic E-state index is 13.3. The zero-order valence-electron chi connectivity index (χ0n) is 48.4. The van der Waals surface area contributed by atoms with Crippen LogP contribution in [0.3, 0.4) is 0 Å². The molecule has 2 aliphatic heterocycles. The highest BCUT2D eigenvalue weighted by molar-refractivity contribution is 5.89. The lowest BCUT2D eigenvalue weighted by Crippen LogP contribution is -2.65. The summed E-state index contributed by atoms with van der Waals surface area (Å²) >= 11 is 0. The van der Waals surface area contributed by atoms with Crippen molar-refractivity contribution in [3.63, 3.8) is 0 Å². The highest BCUT2D eigenvalue weighted by Crippen LogP contribution is 2.27. The molecule has 496 valence electrons. The van der Waals surface area contributed by atoms with Crippen LogP contribution in [0.4, 0.5) is 9.59 Å². The number of rotatable bonds is 43. The van der Waals surface area contributed by atoms with Crippen molar-refractivity contribution in [1.29, 1.82) is 10.8 Å². The van der Waals surface area contributed by atoms with E-state index < -0.39 is 164 Å². The number of amides is 7. The molecule has 2 aliphatic rings. The molecule has 0 spiro atoms. The number of carbonyl (C=O) groups is 9. The Balaban J connectivity index is 1.95. The minimum Gasteiger partial charge on any atom is -0.477 e. The summed E-state index contributed by atoms with van der Waals surface area (Å²) in [6.45, 7) is -0.825. The summed E-state index contributed by atoms with van der Waals surface area (Å²) < 4.78 is 53.9. The number of hydrogen-bond donors (Lipinski definition) is 18. The maximum atomic E-state index is 13.3. The summed E-state index contributed by atoms with van der Waals surface area (Å²) in [5.41, 5.74) is 10.9. The number of carbonyl (C=O) groups excluding carboxylic acids is 7. The predicted octanol–water partition coefficient (Wildman–Crippen LogP) is -8.49. The van der Waals surface area contributed by atoms with Gasteiger partial charge in [0.2, 0.25) is 41.1 Å². The molecule has 0 fully saturated rings. The van der Waals surface area contributed by atoms with E-state index in [2.05, 4.69) is 48.5 Å².